The first-order chi connectivity index (χ1) is 5.78. The van der Waals surface area contributed by atoms with Crippen LogP contribution in [0.5, 0.6) is 0 Å². The van der Waals surface area contributed by atoms with Gasteiger partial charge in [-0.15, -0.1) is 0 Å². The lowest BCUT2D eigenvalue weighted by Crippen LogP contribution is -2.40. The molecular formula is C6H8F3NO3. The van der Waals surface area contributed by atoms with E-state index >= 15 is 0 Å². The summed E-state index contributed by atoms with van der Waals surface area (Å²) in [4.78, 5) is 21.4. The third kappa shape index (κ3) is 4.34. The Morgan fingerprint density at radius 1 is 1.38 bits per heavy atom. The van der Waals surface area contributed by atoms with Gasteiger partial charge in [0.1, 0.15) is 6.54 Å². The van der Waals surface area contributed by atoms with E-state index in [9.17, 15) is 22.8 Å². The SMILES string of the molecule is COC(=O)C(=O)N(C)CC(F)(F)F. The van der Waals surface area contributed by atoms with Crippen LogP contribution in [0, 0.1) is 0 Å². The number of carbonyl (C=O) groups is 2. The van der Waals surface area contributed by atoms with Crippen LogP contribution >= 0.6 is 0 Å². The summed E-state index contributed by atoms with van der Waals surface area (Å²) in [6, 6.07) is 0. The van der Waals surface area contributed by atoms with Crippen LogP contribution < -0.4 is 0 Å². The second-order valence-electron chi connectivity index (χ2n) is 2.27. The lowest BCUT2D eigenvalue weighted by Gasteiger charge is -2.16. The third-order valence-electron chi connectivity index (χ3n) is 1.12. The largest absolute Gasteiger partial charge is 0.462 e. The summed E-state index contributed by atoms with van der Waals surface area (Å²) in [5.74, 6) is -2.63. The molecule has 0 N–H and O–H groups in total. The molecule has 0 aromatic carbocycles. The fraction of sp³-hybridized carbons (Fsp3) is 0.667. The van der Waals surface area contributed by atoms with E-state index in [-0.39, 0.29) is 4.90 Å². The minimum Gasteiger partial charge on any atom is -0.462 e. The number of carbonyl (C=O) groups excluding carboxylic acids is 2. The molecule has 0 atom stereocenters. The van der Waals surface area contributed by atoms with E-state index in [0.717, 1.165) is 14.2 Å². The van der Waals surface area contributed by atoms with E-state index in [1.54, 1.807) is 0 Å². The van der Waals surface area contributed by atoms with Gasteiger partial charge in [0, 0.05) is 7.05 Å². The average Bonchev–Trinajstić information content (AvgIpc) is 1.98. The molecule has 0 rings (SSSR count). The molecule has 0 aliphatic carbocycles. The van der Waals surface area contributed by atoms with Gasteiger partial charge in [-0.1, -0.05) is 0 Å². The molecule has 4 nitrogen and oxygen atoms in total. The number of methoxy groups -OCH3 is 1. The zero-order valence-electron chi connectivity index (χ0n) is 7.01. The maximum atomic E-state index is 11.7. The minimum absolute atomic E-state index is 0.242. The van der Waals surface area contributed by atoms with Gasteiger partial charge >= 0.3 is 18.1 Å². The van der Waals surface area contributed by atoms with E-state index in [0.29, 0.717) is 0 Å². The normalized spacial score (nSPS) is 10.8. The van der Waals surface area contributed by atoms with Crippen LogP contribution in [0.4, 0.5) is 13.2 Å². The van der Waals surface area contributed by atoms with Crippen molar-refractivity contribution in [3.05, 3.63) is 0 Å². The van der Waals surface area contributed by atoms with Gasteiger partial charge in [0.05, 0.1) is 7.11 Å². The Labute approximate surface area is 72.3 Å². The number of ether oxygens (including phenoxy) is 1. The third-order valence-corrected chi connectivity index (χ3v) is 1.12. The van der Waals surface area contributed by atoms with E-state index in [1.807, 2.05) is 0 Å². The van der Waals surface area contributed by atoms with E-state index in [1.165, 1.54) is 0 Å². The smallest absolute Gasteiger partial charge is 0.406 e. The summed E-state index contributed by atoms with van der Waals surface area (Å²) in [6.45, 7) is -1.47. The Balaban J connectivity index is 4.20. The summed E-state index contributed by atoms with van der Waals surface area (Å²) < 4.78 is 39.0. The molecule has 0 saturated carbocycles. The molecule has 0 fully saturated rings. The van der Waals surface area contributed by atoms with Crippen LogP contribution in [0.25, 0.3) is 0 Å². The summed E-state index contributed by atoms with van der Waals surface area (Å²) >= 11 is 0. The lowest BCUT2D eigenvalue weighted by atomic mass is 10.5. The molecule has 0 aliphatic heterocycles. The van der Waals surface area contributed by atoms with Gasteiger partial charge < -0.3 is 9.64 Å². The van der Waals surface area contributed by atoms with Crippen molar-refractivity contribution in [2.45, 2.75) is 6.18 Å². The maximum Gasteiger partial charge on any atom is 0.406 e. The summed E-state index contributed by atoms with van der Waals surface area (Å²) in [6.07, 6.45) is -4.52. The van der Waals surface area contributed by atoms with Crippen molar-refractivity contribution in [1.82, 2.24) is 4.90 Å². The highest BCUT2D eigenvalue weighted by molar-refractivity contribution is 6.32. The highest BCUT2D eigenvalue weighted by Crippen LogP contribution is 2.15. The minimum atomic E-state index is -4.52. The number of hydrogen-bond acceptors (Lipinski definition) is 3. The number of hydrogen-bond donors (Lipinski definition) is 0. The Hall–Kier alpha value is -1.27. The van der Waals surface area contributed by atoms with Gasteiger partial charge in [-0.2, -0.15) is 13.2 Å². The molecule has 7 heteroatoms. The number of likely N-dealkylation sites (N-methyl/N-ethyl adjacent to an activating group) is 1. The molecule has 0 aliphatic rings. The highest BCUT2D eigenvalue weighted by Gasteiger charge is 2.33. The van der Waals surface area contributed by atoms with E-state index < -0.39 is 24.6 Å². The summed E-state index contributed by atoms with van der Waals surface area (Å²) in [7, 11) is 1.79. The summed E-state index contributed by atoms with van der Waals surface area (Å²) in [5, 5.41) is 0. The predicted octanol–water partition coefficient (Wildman–Crippen LogP) is 0.180. The monoisotopic (exact) mass is 199 g/mol. The topological polar surface area (TPSA) is 46.6 Å². The molecule has 13 heavy (non-hydrogen) atoms. The molecular weight excluding hydrogens is 191 g/mol. The number of amides is 1. The Bertz CT molecular complexity index is 214. The van der Waals surface area contributed by atoms with E-state index in [4.69, 9.17) is 0 Å². The van der Waals surface area contributed by atoms with Crippen molar-refractivity contribution in [2.24, 2.45) is 0 Å². The molecule has 0 spiro atoms. The molecule has 0 aromatic rings. The van der Waals surface area contributed by atoms with Crippen molar-refractivity contribution < 1.29 is 27.5 Å². The van der Waals surface area contributed by atoms with E-state index in [2.05, 4.69) is 4.74 Å². The number of rotatable bonds is 1. The van der Waals surface area contributed by atoms with Crippen molar-refractivity contribution in [2.75, 3.05) is 20.7 Å². The van der Waals surface area contributed by atoms with Gasteiger partial charge in [-0.3, -0.25) is 4.79 Å². The van der Waals surface area contributed by atoms with Crippen molar-refractivity contribution in [3.8, 4) is 0 Å². The van der Waals surface area contributed by atoms with Gasteiger partial charge in [0.2, 0.25) is 0 Å². The maximum absolute atomic E-state index is 11.7. The van der Waals surface area contributed by atoms with Crippen LogP contribution in [0.1, 0.15) is 0 Å². The highest BCUT2D eigenvalue weighted by atomic mass is 19.4. The fourth-order valence-electron chi connectivity index (χ4n) is 0.584. The lowest BCUT2D eigenvalue weighted by molar-refractivity contribution is -0.168. The molecule has 0 aromatic heterocycles. The number of esters is 1. The fourth-order valence-corrected chi connectivity index (χ4v) is 0.584. The average molecular weight is 199 g/mol. The molecule has 0 saturated heterocycles. The first-order valence-corrected chi connectivity index (χ1v) is 3.18. The molecule has 1 amide bonds. The van der Waals surface area contributed by atoms with Crippen LogP contribution in [0.3, 0.4) is 0 Å². The first-order valence-electron chi connectivity index (χ1n) is 3.18. The van der Waals surface area contributed by atoms with Gasteiger partial charge in [0.15, 0.2) is 0 Å². The van der Waals surface area contributed by atoms with Crippen molar-refractivity contribution in [1.29, 1.82) is 0 Å². The number of alkyl halides is 3. The zero-order valence-corrected chi connectivity index (χ0v) is 7.01. The molecule has 76 valence electrons. The molecule has 0 radical (unpaired) electrons. The standard InChI is InChI=1S/C6H8F3NO3/c1-10(3-6(7,8)9)4(11)5(12)13-2/h3H2,1-2H3. The Kier molecular flexibility index (Phi) is 3.70. The second-order valence-corrected chi connectivity index (χ2v) is 2.27. The number of halogens is 3. The predicted molar refractivity (Wildman–Crippen MR) is 35.7 cm³/mol. The molecule has 0 heterocycles. The van der Waals surface area contributed by atoms with Crippen LogP contribution in [-0.4, -0.2) is 43.7 Å². The second kappa shape index (κ2) is 4.11. The quantitative estimate of drug-likeness (QED) is 0.447. The van der Waals surface area contributed by atoms with Crippen LogP contribution in [0.15, 0.2) is 0 Å². The summed E-state index contributed by atoms with van der Waals surface area (Å²) in [5.41, 5.74) is 0. The zero-order chi connectivity index (χ0) is 10.6. The Morgan fingerprint density at radius 3 is 2.15 bits per heavy atom. The van der Waals surface area contributed by atoms with Gasteiger partial charge in [0.25, 0.3) is 0 Å². The first kappa shape index (κ1) is 11.7. The van der Waals surface area contributed by atoms with Gasteiger partial charge in [-0.25, -0.2) is 4.79 Å². The van der Waals surface area contributed by atoms with Gasteiger partial charge in [-0.05, 0) is 0 Å². The van der Waals surface area contributed by atoms with Crippen LogP contribution in [0.2, 0.25) is 0 Å². The number of nitrogens with zero attached hydrogens (tertiary/aromatic N) is 1. The molecule has 0 unspecified atom stereocenters. The molecule has 0 bridgehead atoms. The Morgan fingerprint density at radius 2 is 1.85 bits per heavy atom. The van der Waals surface area contributed by atoms with Crippen molar-refractivity contribution in [3.63, 3.8) is 0 Å². The van der Waals surface area contributed by atoms with Crippen molar-refractivity contribution >= 4 is 11.9 Å². The van der Waals surface area contributed by atoms with Crippen LogP contribution in [-0.2, 0) is 14.3 Å².